The van der Waals surface area contributed by atoms with Crippen molar-refractivity contribution >= 4 is 23.1 Å². The Morgan fingerprint density at radius 2 is 2.09 bits per heavy atom. The van der Waals surface area contributed by atoms with Crippen LogP contribution in [0.1, 0.15) is 28.1 Å². The number of pyridine rings is 1. The van der Waals surface area contributed by atoms with E-state index in [1.807, 2.05) is 19.2 Å². The third-order valence-electron chi connectivity index (χ3n) is 4.31. The van der Waals surface area contributed by atoms with E-state index in [2.05, 4.69) is 51.7 Å². The number of nitrogens with one attached hydrogen (secondary N) is 2. The molecule has 2 aromatic heterocycles. The van der Waals surface area contributed by atoms with Gasteiger partial charge in [0, 0.05) is 42.5 Å². The molecule has 0 radical (unpaired) electrons. The fourth-order valence-corrected chi connectivity index (χ4v) is 3.09. The summed E-state index contributed by atoms with van der Waals surface area (Å²) >= 11 is 0. The van der Waals surface area contributed by atoms with E-state index in [1.165, 1.54) is 27.7 Å². The fraction of sp³-hybridized carbons (Fsp3) is 0.211. The van der Waals surface area contributed by atoms with Crippen LogP contribution in [0.5, 0.6) is 0 Å². The molecule has 3 heterocycles. The zero-order valence-electron chi connectivity index (χ0n) is 12.7. The van der Waals surface area contributed by atoms with Crippen molar-refractivity contribution in [1.29, 1.82) is 0 Å². The summed E-state index contributed by atoms with van der Waals surface area (Å²) in [6.45, 7) is 4.02. The summed E-state index contributed by atoms with van der Waals surface area (Å²) in [6.07, 6.45) is 7.29. The topological polar surface area (TPSA) is 40.7 Å². The molecule has 0 saturated heterocycles. The van der Waals surface area contributed by atoms with Crippen LogP contribution in [0.15, 0.2) is 36.5 Å². The molecule has 1 aliphatic rings. The molecule has 1 aliphatic heterocycles. The largest absolute Gasteiger partial charge is 0.358 e. The van der Waals surface area contributed by atoms with Gasteiger partial charge in [-0.25, -0.2) is 0 Å². The molecule has 1 aromatic carbocycles. The number of hydrogen-bond acceptors (Lipinski definition) is 2. The molecule has 0 unspecified atom stereocenters. The van der Waals surface area contributed by atoms with Gasteiger partial charge in [-0.1, -0.05) is 36.4 Å². The van der Waals surface area contributed by atoms with E-state index in [-0.39, 0.29) is 0 Å². The number of aryl methyl sites for hydroxylation is 1. The maximum atomic E-state index is 4.34. The number of H-pyrrole nitrogens is 1. The van der Waals surface area contributed by atoms with Gasteiger partial charge in [-0.15, -0.1) is 0 Å². The molecule has 3 aromatic rings. The Labute approximate surface area is 130 Å². The van der Waals surface area contributed by atoms with Gasteiger partial charge in [0.25, 0.3) is 0 Å². The van der Waals surface area contributed by atoms with Gasteiger partial charge in [-0.3, -0.25) is 4.98 Å². The summed E-state index contributed by atoms with van der Waals surface area (Å²) < 4.78 is 0. The van der Waals surface area contributed by atoms with Crippen molar-refractivity contribution in [2.45, 2.75) is 19.9 Å². The number of rotatable bonds is 2. The number of aromatic nitrogens is 2. The van der Waals surface area contributed by atoms with E-state index in [4.69, 9.17) is 0 Å². The Morgan fingerprint density at radius 3 is 2.95 bits per heavy atom. The summed E-state index contributed by atoms with van der Waals surface area (Å²) in [4.78, 5) is 7.96. The first kappa shape index (κ1) is 13.3. The Bertz CT molecular complexity index is 841. The van der Waals surface area contributed by atoms with Crippen molar-refractivity contribution in [2.24, 2.45) is 0 Å². The molecule has 22 heavy (non-hydrogen) atoms. The number of fused-ring (bicyclic) bond motifs is 3. The number of nitrogens with zero attached hydrogens (tertiary/aromatic N) is 1. The smallest absolute Gasteiger partial charge is 0.0533 e. The molecule has 4 rings (SSSR count). The molecular weight excluding hydrogens is 270 g/mol. The van der Waals surface area contributed by atoms with Crippen molar-refractivity contribution in [3.8, 4) is 0 Å². The molecule has 3 nitrogen and oxygen atoms in total. The lowest BCUT2D eigenvalue weighted by Crippen LogP contribution is -2.22. The summed E-state index contributed by atoms with van der Waals surface area (Å²) in [6, 6.07) is 10.7. The van der Waals surface area contributed by atoms with Crippen LogP contribution in [0, 0.1) is 6.92 Å². The van der Waals surface area contributed by atoms with E-state index < -0.39 is 0 Å². The van der Waals surface area contributed by atoms with Crippen molar-refractivity contribution in [2.75, 3.05) is 6.54 Å². The molecule has 0 bridgehead atoms. The summed E-state index contributed by atoms with van der Waals surface area (Å²) in [7, 11) is 0. The van der Waals surface area contributed by atoms with Crippen molar-refractivity contribution < 1.29 is 0 Å². The van der Waals surface area contributed by atoms with Gasteiger partial charge >= 0.3 is 0 Å². The quantitative estimate of drug-likeness (QED) is 0.755. The van der Waals surface area contributed by atoms with Crippen LogP contribution in [0.25, 0.3) is 23.1 Å². The van der Waals surface area contributed by atoms with Gasteiger partial charge in [-0.05, 0) is 29.7 Å². The second kappa shape index (κ2) is 5.43. The van der Waals surface area contributed by atoms with Crippen molar-refractivity contribution in [3.05, 3.63) is 64.6 Å². The van der Waals surface area contributed by atoms with Gasteiger partial charge < -0.3 is 10.3 Å². The molecule has 0 amide bonds. The van der Waals surface area contributed by atoms with Crippen LogP contribution in [0.3, 0.4) is 0 Å². The maximum absolute atomic E-state index is 4.34. The molecule has 0 atom stereocenters. The predicted octanol–water partition coefficient (Wildman–Crippen LogP) is 3.69. The van der Waals surface area contributed by atoms with Crippen LogP contribution >= 0.6 is 0 Å². The van der Waals surface area contributed by atoms with Gasteiger partial charge in [0.1, 0.15) is 0 Å². The molecular formula is C19H19N3. The van der Waals surface area contributed by atoms with Crippen LogP contribution in [0.2, 0.25) is 0 Å². The average Bonchev–Trinajstić information content (AvgIpc) is 2.94. The third-order valence-corrected chi connectivity index (χ3v) is 4.31. The first-order valence-corrected chi connectivity index (χ1v) is 7.75. The van der Waals surface area contributed by atoms with Gasteiger partial charge in [0.05, 0.1) is 5.52 Å². The van der Waals surface area contributed by atoms with E-state index >= 15 is 0 Å². The molecule has 0 aliphatic carbocycles. The second-order valence-electron chi connectivity index (χ2n) is 5.84. The standard InChI is InChI=1S/C19H19N3/c1-13-5-6-14(11-21-13)7-8-15-3-2-4-16-17-12-20-10-9-18(17)22-19(15)16/h2-8,11,20,22H,9-10,12H2,1H3/b8-7+. The minimum Gasteiger partial charge on any atom is -0.358 e. The minimum atomic E-state index is 0.963. The van der Waals surface area contributed by atoms with Crippen LogP contribution in [-0.2, 0) is 13.0 Å². The van der Waals surface area contributed by atoms with Gasteiger partial charge in [0.2, 0.25) is 0 Å². The van der Waals surface area contributed by atoms with Crippen LogP contribution in [0.4, 0.5) is 0 Å². The monoisotopic (exact) mass is 289 g/mol. The predicted molar refractivity (Wildman–Crippen MR) is 91.6 cm³/mol. The maximum Gasteiger partial charge on any atom is 0.0533 e. The third kappa shape index (κ3) is 2.34. The summed E-state index contributed by atoms with van der Waals surface area (Å²) in [5.41, 5.74) is 7.45. The van der Waals surface area contributed by atoms with Crippen molar-refractivity contribution in [3.63, 3.8) is 0 Å². The van der Waals surface area contributed by atoms with Gasteiger partial charge in [0.15, 0.2) is 0 Å². The number of benzene rings is 1. The Morgan fingerprint density at radius 1 is 1.14 bits per heavy atom. The molecule has 0 fully saturated rings. The normalized spacial score (nSPS) is 14.6. The summed E-state index contributed by atoms with van der Waals surface area (Å²) in [5, 5.41) is 4.79. The highest BCUT2D eigenvalue weighted by molar-refractivity contribution is 5.93. The lowest BCUT2D eigenvalue weighted by molar-refractivity contribution is 0.641. The zero-order valence-corrected chi connectivity index (χ0v) is 12.7. The lowest BCUT2D eigenvalue weighted by atomic mass is 10.0. The zero-order chi connectivity index (χ0) is 14.9. The number of aromatic amines is 1. The Balaban J connectivity index is 1.75. The van der Waals surface area contributed by atoms with E-state index in [0.717, 1.165) is 30.8 Å². The molecule has 3 heteroatoms. The second-order valence-corrected chi connectivity index (χ2v) is 5.84. The number of hydrogen-bond donors (Lipinski definition) is 2. The Hall–Kier alpha value is -2.39. The van der Waals surface area contributed by atoms with Crippen molar-refractivity contribution in [1.82, 2.24) is 15.3 Å². The molecule has 0 saturated carbocycles. The van der Waals surface area contributed by atoms with Crippen LogP contribution < -0.4 is 5.32 Å². The highest BCUT2D eigenvalue weighted by Gasteiger charge is 2.15. The Kier molecular flexibility index (Phi) is 3.28. The SMILES string of the molecule is Cc1ccc(/C=C/c2cccc3c4c([nH]c23)CCNC4)cn1. The molecule has 2 N–H and O–H groups in total. The van der Waals surface area contributed by atoms with Crippen LogP contribution in [-0.4, -0.2) is 16.5 Å². The minimum absolute atomic E-state index is 0.963. The van der Waals surface area contributed by atoms with E-state index in [9.17, 15) is 0 Å². The van der Waals surface area contributed by atoms with E-state index in [1.54, 1.807) is 0 Å². The van der Waals surface area contributed by atoms with E-state index in [0.29, 0.717) is 0 Å². The number of para-hydroxylation sites is 1. The van der Waals surface area contributed by atoms with Gasteiger partial charge in [-0.2, -0.15) is 0 Å². The molecule has 110 valence electrons. The lowest BCUT2D eigenvalue weighted by Gasteiger charge is -2.12. The first-order chi connectivity index (χ1) is 10.8. The first-order valence-electron chi connectivity index (χ1n) is 7.75. The summed E-state index contributed by atoms with van der Waals surface area (Å²) in [5.74, 6) is 0. The fourth-order valence-electron chi connectivity index (χ4n) is 3.09. The average molecular weight is 289 g/mol. The highest BCUT2D eigenvalue weighted by atomic mass is 14.9. The highest BCUT2D eigenvalue weighted by Crippen LogP contribution is 2.28. The molecule has 0 spiro atoms.